The molecule has 0 fully saturated rings. The van der Waals surface area contributed by atoms with Gasteiger partial charge in [-0.15, -0.1) is 6.42 Å². The smallest absolute Gasteiger partial charge is 0.0674 e. The molecular formula is C5H10N2. The maximum absolute atomic E-state index is 5.27. The van der Waals surface area contributed by atoms with Crippen LogP contribution in [-0.4, -0.2) is 12.6 Å². The average molecular weight is 98.1 g/mol. The van der Waals surface area contributed by atoms with E-state index in [0.717, 1.165) is 6.42 Å². The quantitative estimate of drug-likeness (QED) is 0.448. The molecular weight excluding hydrogens is 88.1 g/mol. The van der Waals surface area contributed by atoms with E-state index in [0.29, 0.717) is 6.54 Å². The largest absolute Gasteiger partial charge is 0.330 e. The summed E-state index contributed by atoms with van der Waals surface area (Å²) in [6.45, 7) is 0.575. The predicted molar refractivity (Wildman–Crippen MR) is 30.5 cm³/mol. The van der Waals surface area contributed by atoms with Crippen LogP contribution in [0.25, 0.3) is 0 Å². The van der Waals surface area contributed by atoms with Gasteiger partial charge in [-0.3, -0.25) is 0 Å². The Morgan fingerprint density at radius 3 is 2.43 bits per heavy atom. The van der Waals surface area contributed by atoms with Gasteiger partial charge in [-0.1, -0.05) is 5.92 Å². The summed E-state index contributed by atoms with van der Waals surface area (Å²) in [6, 6.07) is -0.148. The molecule has 1 unspecified atom stereocenters. The first-order valence-electron chi connectivity index (χ1n) is 2.23. The molecule has 2 heteroatoms. The van der Waals surface area contributed by atoms with E-state index in [2.05, 4.69) is 5.92 Å². The Balaban J connectivity index is 3.04. The van der Waals surface area contributed by atoms with Gasteiger partial charge >= 0.3 is 0 Å². The molecule has 0 saturated carbocycles. The zero-order valence-electron chi connectivity index (χ0n) is 4.22. The van der Waals surface area contributed by atoms with Crippen LogP contribution in [0.4, 0.5) is 0 Å². The fourth-order valence-electron chi connectivity index (χ4n) is 0.263. The maximum atomic E-state index is 5.27. The Hall–Kier alpha value is -0.520. The maximum Gasteiger partial charge on any atom is 0.0674 e. The molecule has 7 heavy (non-hydrogen) atoms. The van der Waals surface area contributed by atoms with Gasteiger partial charge < -0.3 is 11.5 Å². The molecule has 1 atom stereocenters. The molecule has 0 aliphatic carbocycles. The van der Waals surface area contributed by atoms with Crippen molar-refractivity contribution in [2.75, 3.05) is 6.54 Å². The van der Waals surface area contributed by atoms with E-state index in [9.17, 15) is 0 Å². The average Bonchev–Trinajstić information content (AvgIpc) is 1.68. The summed E-state index contributed by atoms with van der Waals surface area (Å²) in [7, 11) is 0. The van der Waals surface area contributed by atoms with Gasteiger partial charge in [0.1, 0.15) is 0 Å². The molecule has 0 aliphatic heterocycles. The predicted octanol–water partition coefficient (Wildman–Crippen LogP) is -0.704. The van der Waals surface area contributed by atoms with Gasteiger partial charge in [0.2, 0.25) is 0 Å². The molecule has 0 aromatic carbocycles. The third-order valence-corrected chi connectivity index (χ3v) is 0.692. The SMILES string of the molecule is C#CC(N)CCN. The molecule has 0 saturated heterocycles. The second-order valence-electron chi connectivity index (χ2n) is 1.35. The van der Waals surface area contributed by atoms with Gasteiger partial charge in [-0.2, -0.15) is 0 Å². The third kappa shape index (κ3) is 3.31. The summed E-state index contributed by atoms with van der Waals surface area (Å²) in [6.07, 6.45) is 5.65. The van der Waals surface area contributed by atoms with Gasteiger partial charge in [-0.05, 0) is 13.0 Å². The van der Waals surface area contributed by atoms with Crippen molar-refractivity contribution >= 4 is 0 Å². The van der Waals surface area contributed by atoms with Crippen molar-refractivity contribution in [3.63, 3.8) is 0 Å². The topological polar surface area (TPSA) is 52.0 Å². The number of hydrogen-bond donors (Lipinski definition) is 2. The fraction of sp³-hybridized carbons (Fsp3) is 0.600. The van der Waals surface area contributed by atoms with Crippen LogP contribution in [0.15, 0.2) is 0 Å². The second kappa shape index (κ2) is 3.66. The third-order valence-electron chi connectivity index (χ3n) is 0.692. The lowest BCUT2D eigenvalue weighted by molar-refractivity contribution is 0.750. The van der Waals surface area contributed by atoms with Crippen LogP contribution in [0.1, 0.15) is 6.42 Å². The first-order chi connectivity index (χ1) is 3.31. The Morgan fingerprint density at radius 1 is 1.71 bits per heavy atom. The van der Waals surface area contributed by atoms with Crippen LogP contribution in [-0.2, 0) is 0 Å². The number of terminal acetylenes is 1. The van der Waals surface area contributed by atoms with E-state index in [1.807, 2.05) is 0 Å². The van der Waals surface area contributed by atoms with Crippen molar-refractivity contribution < 1.29 is 0 Å². The van der Waals surface area contributed by atoms with Crippen LogP contribution in [0.3, 0.4) is 0 Å². The Labute approximate surface area is 43.9 Å². The van der Waals surface area contributed by atoms with Gasteiger partial charge in [-0.25, -0.2) is 0 Å². The first-order valence-corrected chi connectivity index (χ1v) is 2.23. The first kappa shape index (κ1) is 6.48. The zero-order valence-corrected chi connectivity index (χ0v) is 4.22. The van der Waals surface area contributed by atoms with Gasteiger partial charge in [0.05, 0.1) is 6.04 Å². The molecule has 2 nitrogen and oxygen atoms in total. The van der Waals surface area contributed by atoms with Crippen molar-refractivity contribution in [1.29, 1.82) is 0 Å². The van der Waals surface area contributed by atoms with Crippen LogP contribution < -0.4 is 11.5 Å². The summed E-state index contributed by atoms with van der Waals surface area (Å²) in [5.41, 5.74) is 10.4. The molecule has 0 aliphatic rings. The summed E-state index contributed by atoms with van der Waals surface area (Å²) < 4.78 is 0. The molecule has 40 valence electrons. The zero-order chi connectivity index (χ0) is 5.70. The standard InChI is InChI=1S/C5H10N2/c1-2-5(7)3-4-6/h1,5H,3-4,6-7H2. The molecule has 0 amide bonds. The lowest BCUT2D eigenvalue weighted by atomic mass is 10.2. The molecule has 0 aromatic heterocycles. The normalized spacial score (nSPS) is 12.7. The monoisotopic (exact) mass is 98.1 g/mol. The van der Waals surface area contributed by atoms with Crippen molar-refractivity contribution in [1.82, 2.24) is 0 Å². The van der Waals surface area contributed by atoms with E-state index >= 15 is 0 Å². The highest BCUT2D eigenvalue weighted by molar-refractivity contribution is 4.96. The molecule has 0 spiro atoms. The van der Waals surface area contributed by atoms with Crippen molar-refractivity contribution in [2.24, 2.45) is 11.5 Å². The highest BCUT2D eigenvalue weighted by Crippen LogP contribution is 1.78. The lowest BCUT2D eigenvalue weighted by Gasteiger charge is -1.96. The van der Waals surface area contributed by atoms with Crippen molar-refractivity contribution in [2.45, 2.75) is 12.5 Å². The number of nitrogens with two attached hydrogens (primary N) is 2. The number of hydrogen-bond acceptors (Lipinski definition) is 2. The molecule has 4 N–H and O–H groups in total. The highest BCUT2D eigenvalue weighted by Gasteiger charge is 1.90. The Morgan fingerprint density at radius 2 is 2.29 bits per heavy atom. The van der Waals surface area contributed by atoms with E-state index in [-0.39, 0.29) is 6.04 Å². The van der Waals surface area contributed by atoms with Gasteiger partial charge in [0, 0.05) is 0 Å². The lowest BCUT2D eigenvalue weighted by Crippen LogP contribution is -2.20. The van der Waals surface area contributed by atoms with Crippen molar-refractivity contribution in [3.8, 4) is 12.3 Å². The van der Waals surface area contributed by atoms with E-state index in [4.69, 9.17) is 17.9 Å². The second-order valence-corrected chi connectivity index (χ2v) is 1.35. The van der Waals surface area contributed by atoms with E-state index in [1.165, 1.54) is 0 Å². The molecule has 0 bridgehead atoms. The minimum atomic E-state index is -0.148. The van der Waals surface area contributed by atoms with E-state index in [1.54, 1.807) is 0 Å². The molecule has 0 aromatic rings. The summed E-state index contributed by atoms with van der Waals surface area (Å²) >= 11 is 0. The summed E-state index contributed by atoms with van der Waals surface area (Å²) in [4.78, 5) is 0. The van der Waals surface area contributed by atoms with Crippen LogP contribution in [0.5, 0.6) is 0 Å². The van der Waals surface area contributed by atoms with E-state index < -0.39 is 0 Å². The van der Waals surface area contributed by atoms with Gasteiger partial charge in [0.15, 0.2) is 0 Å². The van der Waals surface area contributed by atoms with Crippen LogP contribution in [0.2, 0.25) is 0 Å². The summed E-state index contributed by atoms with van der Waals surface area (Å²) in [5.74, 6) is 2.36. The Bertz CT molecular complexity index is 72.6. The minimum absolute atomic E-state index is 0.148. The molecule has 0 heterocycles. The summed E-state index contributed by atoms with van der Waals surface area (Å²) in [5, 5.41) is 0. The van der Waals surface area contributed by atoms with Gasteiger partial charge in [0.25, 0.3) is 0 Å². The van der Waals surface area contributed by atoms with Crippen LogP contribution in [0, 0.1) is 12.3 Å². The Kier molecular flexibility index (Phi) is 3.39. The van der Waals surface area contributed by atoms with Crippen LogP contribution >= 0.6 is 0 Å². The molecule has 0 rings (SSSR count). The fourth-order valence-corrected chi connectivity index (χ4v) is 0.263. The van der Waals surface area contributed by atoms with Crippen molar-refractivity contribution in [3.05, 3.63) is 0 Å². The highest BCUT2D eigenvalue weighted by atomic mass is 14.6. The number of rotatable bonds is 2. The minimum Gasteiger partial charge on any atom is -0.330 e. The molecule has 0 radical (unpaired) electrons.